The molecule has 1 N–H and O–H groups in total. The highest BCUT2D eigenvalue weighted by Gasteiger charge is 2.27. The fraction of sp³-hybridized carbons (Fsp3) is 0.583. The molecule has 0 aromatic carbocycles. The van der Waals surface area contributed by atoms with Crippen LogP contribution in [0.3, 0.4) is 0 Å². The number of furan rings is 1. The van der Waals surface area contributed by atoms with E-state index in [9.17, 15) is 4.79 Å². The van der Waals surface area contributed by atoms with Gasteiger partial charge in [0.15, 0.2) is 0 Å². The highest BCUT2D eigenvalue weighted by molar-refractivity contribution is 5.82. The largest absolute Gasteiger partial charge is 0.464 e. The highest BCUT2D eigenvalue weighted by atomic mass is 16.3. The van der Waals surface area contributed by atoms with Crippen molar-refractivity contribution in [3.8, 4) is 0 Å². The van der Waals surface area contributed by atoms with Gasteiger partial charge in [-0.3, -0.25) is 4.79 Å². The van der Waals surface area contributed by atoms with Crippen LogP contribution in [0.5, 0.6) is 0 Å². The average molecular weight is 222 g/mol. The lowest BCUT2D eigenvalue weighted by Gasteiger charge is -2.31. The average Bonchev–Trinajstić information content (AvgIpc) is 2.67. The van der Waals surface area contributed by atoms with Gasteiger partial charge in [-0.25, -0.2) is 0 Å². The number of hydrogen-bond donors (Lipinski definition) is 1. The molecule has 4 nitrogen and oxygen atoms in total. The lowest BCUT2D eigenvalue weighted by molar-refractivity contribution is -0.136. The molecule has 0 radical (unpaired) electrons. The fourth-order valence-electron chi connectivity index (χ4n) is 2.12. The molecular formula is C12H18N2O2. The number of likely N-dealkylation sites (N-methyl/N-ethyl adjacent to an activating group) is 1. The van der Waals surface area contributed by atoms with E-state index in [1.165, 1.54) is 0 Å². The van der Waals surface area contributed by atoms with Crippen LogP contribution in [-0.2, 0) is 11.3 Å². The zero-order valence-corrected chi connectivity index (χ0v) is 9.82. The second-order valence-electron chi connectivity index (χ2n) is 4.26. The standard InChI is InChI=1S/C12H18N2O2/c1-9-5-6-10(16-9)8-14-7-3-4-11(13-2)12(14)15/h5-6,11,13H,3-4,7-8H2,1-2H3. The summed E-state index contributed by atoms with van der Waals surface area (Å²) >= 11 is 0. The van der Waals surface area contributed by atoms with Crippen LogP contribution in [0.15, 0.2) is 16.5 Å². The second kappa shape index (κ2) is 4.70. The van der Waals surface area contributed by atoms with E-state index >= 15 is 0 Å². The maximum atomic E-state index is 12.0. The summed E-state index contributed by atoms with van der Waals surface area (Å²) in [6.45, 7) is 3.33. The highest BCUT2D eigenvalue weighted by Crippen LogP contribution is 2.16. The van der Waals surface area contributed by atoms with Crippen molar-refractivity contribution in [1.82, 2.24) is 10.2 Å². The van der Waals surface area contributed by atoms with Crippen LogP contribution >= 0.6 is 0 Å². The first-order valence-corrected chi connectivity index (χ1v) is 5.72. The summed E-state index contributed by atoms with van der Waals surface area (Å²) in [7, 11) is 1.84. The third kappa shape index (κ3) is 2.27. The number of nitrogens with zero attached hydrogens (tertiary/aromatic N) is 1. The van der Waals surface area contributed by atoms with E-state index < -0.39 is 0 Å². The Kier molecular flexibility index (Phi) is 3.29. The number of amides is 1. The first-order chi connectivity index (χ1) is 7.70. The predicted molar refractivity (Wildman–Crippen MR) is 60.9 cm³/mol. The minimum absolute atomic E-state index is 0.0233. The van der Waals surface area contributed by atoms with Crippen molar-refractivity contribution in [3.63, 3.8) is 0 Å². The summed E-state index contributed by atoms with van der Waals surface area (Å²) in [6.07, 6.45) is 1.99. The Morgan fingerprint density at radius 1 is 1.56 bits per heavy atom. The molecule has 0 saturated carbocycles. The van der Waals surface area contributed by atoms with Gasteiger partial charge in [0.1, 0.15) is 11.5 Å². The molecule has 1 atom stereocenters. The molecule has 0 bridgehead atoms. The van der Waals surface area contributed by atoms with E-state index in [1.54, 1.807) is 0 Å². The van der Waals surface area contributed by atoms with Crippen molar-refractivity contribution in [3.05, 3.63) is 23.7 Å². The molecule has 88 valence electrons. The number of likely N-dealkylation sites (tertiary alicyclic amines) is 1. The molecule has 0 spiro atoms. The minimum atomic E-state index is -0.0233. The first kappa shape index (κ1) is 11.2. The lowest BCUT2D eigenvalue weighted by Crippen LogP contribution is -2.49. The van der Waals surface area contributed by atoms with Crippen molar-refractivity contribution < 1.29 is 9.21 Å². The number of hydrogen-bond acceptors (Lipinski definition) is 3. The van der Waals surface area contributed by atoms with Crippen molar-refractivity contribution in [2.45, 2.75) is 32.4 Å². The maximum Gasteiger partial charge on any atom is 0.240 e. The van der Waals surface area contributed by atoms with Gasteiger partial charge in [-0.2, -0.15) is 0 Å². The van der Waals surface area contributed by atoms with Crippen LogP contribution in [0.1, 0.15) is 24.4 Å². The van der Waals surface area contributed by atoms with Crippen LogP contribution in [0.4, 0.5) is 0 Å². The lowest BCUT2D eigenvalue weighted by atomic mass is 10.1. The molecule has 2 heterocycles. The normalized spacial score (nSPS) is 21.5. The van der Waals surface area contributed by atoms with Gasteiger partial charge in [0.05, 0.1) is 12.6 Å². The van der Waals surface area contributed by atoms with Crippen molar-refractivity contribution in [2.75, 3.05) is 13.6 Å². The third-order valence-corrected chi connectivity index (χ3v) is 3.02. The predicted octanol–water partition coefficient (Wildman–Crippen LogP) is 1.30. The van der Waals surface area contributed by atoms with Crippen LogP contribution in [-0.4, -0.2) is 30.4 Å². The van der Waals surface area contributed by atoms with E-state index in [-0.39, 0.29) is 11.9 Å². The number of carbonyl (C=O) groups is 1. The molecule has 16 heavy (non-hydrogen) atoms. The topological polar surface area (TPSA) is 45.5 Å². The van der Waals surface area contributed by atoms with Crippen LogP contribution < -0.4 is 5.32 Å². The molecule has 1 amide bonds. The number of rotatable bonds is 3. The molecule has 2 rings (SSSR count). The molecule has 1 aliphatic heterocycles. The van der Waals surface area contributed by atoms with E-state index in [0.29, 0.717) is 6.54 Å². The summed E-state index contributed by atoms with van der Waals surface area (Å²) < 4.78 is 5.49. The molecular weight excluding hydrogens is 204 g/mol. The SMILES string of the molecule is CNC1CCCN(Cc2ccc(C)o2)C1=O. The van der Waals surface area contributed by atoms with Gasteiger partial charge < -0.3 is 14.6 Å². The Balaban J connectivity index is 2.01. The first-order valence-electron chi connectivity index (χ1n) is 5.72. The number of nitrogens with one attached hydrogen (secondary N) is 1. The molecule has 0 aliphatic carbocycles. The monoisotopic (exact) mass is 222 g/mol. The van der Waals surface area contributed by atoms with Crippen molar-refractivity contribution >= 4 is 5.91 Å². The number of carbonyl (C=O) groups excluding carboxylic acids is 1. The molecule has 1 aromatic rings. The Hall–Kier alpha value is -1.29. The quantitative estimate of drug-likeness (QED) is 0.838. The van der Waals surface area contributed by atoms with E-state index in [1.807, 2.05) is 31.0 Å². The van der Waals surface area contributed by atoms with E-state index in [4.69, 9.17) is 4.42 Å². The zero-order chi connectivity index (χ0) is 11.5. The Labute approximate surface area is 95.6 Å². The second-order valence-corrected chi connectivity index (χ2v) is 4.26. The third-order valence-electron chi connectivity index (χ3n) is 3.02. The minimum Gasteiger partial charge on any atom is -0.464 e. The Morgan fingerprint density at radius 2 is 2.38 bits per heavy atom. The molecule has 1 fully saturated rings. The van der Waals surface area contributed by atoms with Gasteiger partial charge in [-0.05, 0) is 38.9 Å². The van der Waals surface area contributed by atoms with Crippen molar-refractivity contribution in [2.24, 2.45) is 0 Å². The van der Waals surface area contributed by atoms with Gasteiger partial charge in [0.2, 0.25) is 5.91 Å². The molecule has 1 aromatic heterocycles. The maximum absolute atomic E-state index is 12.0. The van der Waals surface area contributed by atoms with Gasteiger partial charge in [0, 0.05) is 6.54 Å². The number of aryl methyl sites for hydroxylation is 1. The fourth-order valence-corrected chi connectivity index (χ4v) is 2.12. The molecule has 4 heteroatoms. The van der Waals surface area contributed by atoms with Crippen LogP contribution in [0.2, 0.25) is 0 Å². The van der Waals surface area contributed by atoms with Crippen molar-refractivity contribution in [1.29, 1.82) is 0 Å². The number of piperidine rings is 1. The molecule has 1 aliphatic rings. The van der Waals surface area contributed by atoms with Gasteiger partial charge in [-0.15, -0.1) is 0 Å². The molecule has 1 unspecified atom stereocenters. The van der Waals surface area contributed by atoms with Crippen LogP contribution in [0.25, 0.3) is 0 Å². The summed E-state index contributed by atoms with van der Waals surface area (Å²) in [5.41, 5.74) is 0. The summed E-state index contributed by atoms with van der Waals surface area (Å²) in [5, 5.41) is 3.05. The zero-order valence-electron chi connectivity index (χ0n) is 9.82. The summed E-state index contributed by atoms with van der Waals surface area (Å²) in [5.74, 6) is 1.94. The van der Waals surface area contributed by atoms with Crippen LogP contribution in [0, 0.1) is 6.92 Å². The van der Waals surface area contributed by atoms with E-state index in [2.05, 4.69) is 5.32 Å². The van der Waals surface area contributed by atoms with Gasteiger partial charge >= 0.3 is 0 Å². The molecule has 1 saturated heterocycles. The Bertz CT molecular complexity index is 373. The smallest absolute Gasteiger partial charge is 0.240 e. The van der Waals surface area contributed by atoms with Gasteiger partial charge in [-0.1, -0.05) is 0 Å². The van der Waals surface area contributed by atoms with E-state index in [0.717, 1.165) is 30.9 Å². The summed E-state index contributed by atoms with van der Waals surface area (Å²) in [4.78, 5) is 13.9. The Morgan fingerprint density at radius 3 is 3.00 bits per heavy atom. The summed E-state index contributed by atoms with van der Waals surface area (Å²) in [6, 6.07) is 3.84. The van der Waals surface area contributed by atoms with Gasteiger partial charge in [0.25, 0.3) is 0 Å².